The topological polar surface area (TPSA) is 44.5 Å². The zero-order valence-corrected chi connectivity index (χ0v) is 10.8. The van der Waals surface area contributed by atoms with Gasteiger partial charge in [-0.2, -0.15) is 0 Å². The third kappa shape index (κ3) is 2.13. The average Bonchev–Trinajstić information content (AvgIpc) is 2.26. The van der Waals surface area contributed by atoms with Gasteiger partial charge in [-0.25, -0.2) is 0 Å². The van der Waals surface area contributed by atoms with Gasteiger partial charge in [-0.15, -0.1) is 0 Å². The van der Waals surface area contributed by atoms with E-state index in [9.17, 15) is 0 Å². The van der Waals surface area contributed by atoms with Crippen LogP contribution in [0.1, 0.15) is 46.0 Å². The zero-order valence-electron chi connectivity index (χ0n) is 10.8. The van der Waals surface area contributed by atoms with Crippen LogP contribution in [-0.2, 0) is 9.47 Å². The highest BCUT2D eigenvalue weighted by atomic mass is 16.5. The first-order valence-corrected chi connectivity index (χ1v) is 6.44. The van der Waals surface area contributed by atoms with Crippen molar-refractivity contribution >= 4 is 0 Å². The molecule has 1 saturated carbocycles. The van der Waals surface area contributed by atoms with Gasteiger partial charge < -0.3 is 15.2 Å². The van der Waals surface area contributed by atoms with E-state index in [0.717, 1.165) is 19.4 Å². The maximum atomic E-state index is 6.36. The Morgan fingerprint density at radius 1 is 1.44 bits per heavy atom. The van der Waals surface area contributed by atoms with Crippen molar-refractivity contribution in [2.24, 2.45) is 11.7 Å². The average molecular weight is 227 g/mol. The van der Waals surface area contributed by atoms with E-state index in [4.69, 9.17) is 15.2 Å². The van der Waals surface area contributed by atoms with Crippen molar-refractivity contribution in [2.45, 2.75) is 63.2 Å². The highest BCUT2D eigenvalue weighted by Gasteiger charge is 2.46. The summed E-state index contributed by atoms with van der Waals surface area (Å²) in [4.78, 5) is 0. The molecule has 0 radical (unpaired) electrons. The number of methoxy groups -OCH3 is 1. The highest BCUT2D eigenvalue weighted by molar-refractivity contribution is 4.99. The molecule has 3 heteroatoms. The standard InChI is InChI=1S/C13H25NO2/c1-12(2,15-3)11(14)10-5-8-16-13(9-10)6-4-7-13/h10-11H,4-9,14H2,1-3H3. The van der Waals surface area contributed by atoms with Crippen LogP contribution in [0.5, 0.6) is 0 Å². The van der Waals surface area contributed by atoms with Crippen LogP contribution in [-0.4, -0.2) is 31.0 Å². The van der Waals surface area contributed by atoms with Gasteiger partial charge in [0.05, 0.1) is 11.2 Å². The smallest absolute Gasteiger partial charge is 0.0775 e. The number of ether oxygens (including phenoxy) is 2. The lowest BCUT2D eigenvalue weighted by Gasteiger charge is -2.50. The van der Waals surface area contributed by atoms with E-state index in [1.54, 1.807) is 7.11 Å². The predicted molar refractivity (Wildman–Crippen MR) is 64.3 cm³/mol. The highest BCUT2D eigenvalue weighted by Crippen LogP contribution is 2.45. The molecule has 0 bridgehead atoms. The quantitative estimate of drug-likeness (QED) is 0.803. The summed E-state index contributed by atoms with van der Waals surface area (Å²) in [5.41, 5.74) is 6.31. The largest absolute Gasteiger partial charge is 0.377 e. The Labute approximate surface area is 98.7 Å². The molecule has 2 fully saturated rings. The molecule has 1 saturated heterocycles. The van der Waals surface area contributed by atoms with Gasteiger partial charge in [0.25, 0.3) is 0 Å². The predicted octanol–water partition coefficient (Wildman–Crippen LogP) is 2.09. The lowest BCUT2D eigenvalue weighted by atomic mass is 9.69. The van der Waals surface area contributed by atoms with Crippen molar-refractivity contribution in [3.8, 4) is 0 Å². The van der Waals surface area contributed by atoms with Crippen LogP contribution < -0.4 is 5.73 Å². The second-order valence-electron chi connectivity index (χ2n) is 5.97. The van der Waals surface area contributed by atoms with E-state index >= 15 is 0 Å². The Kier molecular flexibility index (Phi) is 3.30. The van der Waals surface area contributed by atoms with E-state index in [2.05, 4.69) is 13.8 Å². The van der Waals surface area contributed by atoms with Crippen LogP contribution in [0.25, 0.3) is 0 Å². The normalized spacial score (nSPS) is 31.1. The van der Waals surface area contributed by atoms with E-state index in [1.165, 1.54) is 19.3 Å². The van der Waals surface area contributed by atoms with E-state index < -0.39 is 0 Å². The van der Waals surface area contributed by atoms with Crippen molar-refractivity contribution in [1.29, 1.82) is 0 Å². The van der Waals surface area contributed by atoms with Gasteiger partial charge in [-0.3, -0.25) is 0 Å². The SMILES string of the molecule is COC(C)(C)C(N)C1CCOC2(CCC2)C1. The van der Waals surface area contributed by atoms with Crippen LogP contribution >= 0.6 is 0 Å². The first-order valence-electron chi connectivity index (χ1n) is 6.44. The lowest BCUT2D eigenvalue weighted by molar-refractivity contribution is -0.154. The second kappa shape index (κ2) is 4.28. The van der Waals surface area contributed by atoms with E-state index in [0.29, 0.717) is 5.92 Å². The monoisotopic (exact) mass is 227 g/mol. The van der Waals surface area contributed by atoms with Crippen LogP contribution in [0.2, 0.25) is 0 Å². The Morgan fingerprint density at radius 2 is 2.12 bits per heavy atom. The maximum Gasteiger partial charge on any atom is 0.0775 e. The minimum absolute atomic E-state index is 0.110. The van der Waals surface area contributed by atoms with Gasteiger partial charge in [-0.05, 0) is 51.9 Å². The molecule has 94 valence electrons. The molecule has 1 aliphatic heterocycles. The Bertz CT molecular complexity index is 248. The van der Waals surface area contributed by atoms with Crippen molar-refractivity contribution in [1.82, 2.24) is 0 Å². The van der Waals surface area contributed by atoms with Gasteiger partial charge in [0.15, 0.2) is 0 Å². The minimum Gasteiger partial charge on any atom is -0.377 e. The molecule has 2 atom stereocenters. The third-order valence-electron chi connectivity index (χ3n) is 4.63. The summed E-state index contributed by atoms with van der Waals surface area (Å²) in [5, 5.41) is 0. The van der Waals surface area contributed by atoms with Gasteiger partial charge in [0.1, 0.15) is 0 Å². The first kappa shape index (κ1) is 12.3. The van der Waals surface area contributed by atoms with Gasteiger partial charge in [0, 0.05) is 19.8 Å². The van der Waals surface area contributed by atoms with Crippen LogP contribution in [0.4, 0.5) is 0 Å². The van der Waals surface area contributed by atoms with Crippen LogP contribution in [0.15, 0.2) is 0 Å². The van der Waals surface area contributed by atoms with E-state index in [-0.39, 0.29) is 17.2 Å². The summed E-state index contributed by atoms with van der Waals surface area (Å²) in [6, 6.07) is 0.110. The molecule has 2 N–H and O–H groups in total. The molecule has 2 rings (SSSR count). The molecule has 16 heavy (non-hydrogen) atoms. The molecular weight excluding hydrogens is 202 g/mol. The van der Waals surface area contributed by atoms with Crippen molar-refractivity contribution in [3.05, 3.63) is 0 Å². The molecule has 0 aromatic rings. The van der Waals surface area contributed by atoms with Crippen molar-refractivity contribution in [2.75, 3.05) is 13.7 Å². The Hall–Kier alpha value is -0.120. The van der Waals surface area contributed by atoms with Crippen molar-refractivity contribution < 1.29 is 9.47 Å². The number of nitrogens with two attached hydrogens (primary N) is 1. The number of hydrogen-bond acceptors (Lipinski definition) is 3. The van der Waals surface area contributed by atoms with Crippen LogP contribution in [0, 0.1) is 5.92 Å². The molecule has 2 unspecified atom stereocenters. The molecular formula is C13H25NO2. The fraction of sp³-hybridized carbons (Fsp3) is 1.00. The molecule has 0 amide bonds. The third-order valence-corrected chi connectivity index (χ3v) is 4.63. The Morgan fingerprint density at radius 3 is 2.62 bits per heavy atom. The summed E-state index contributed by atoms with van der Waals surface area (Å²) in [6.07, 6.45) is 5.97. The van der Waals surface area contributed by atoms with E-state index in [1.807, 2.05) is 0 Å². The van der Waals surface area contributed by atoms with Gasteiger partial charge in [0.2, 0.25) is 0 Å². The molecule has 1 spiro atoms. The maximum absolute atomic E-state index is 6.36. The zero-order chi connectivity index (χ0) is 11.8. The van der Waals surface area contributed by atoms with Crippen LogP contribution in [0.3, 0.4) is 0 Å². The van der Waals surface area contributed by atoms with Gasteiger partial charge >= 0.3 is 0 Å². The lowest BCUT2D eigenvalue weighted by Crippen LogP contribution is -2.55. The minimum atomic E-state index is -0.229. The Balaban J connectivity index is 1.98. The molecule has 1 aliphatic carbocycles. The summed E-state index contributed by atoms with van der Waals surface area (Å²) < 4.78 is 11.4. The number of rotatable bonds is 3. The fourth-order valence-electron chi connectivity index (χ4n) is 3.00. The fourth-order valence-corrected chi connectivity index (χ4v) is 3.00. The van der Waals surface area contributed by atoms with Gasteiger partial charge in [-0.1, -0.05) is 0 Å². The first-order chi connectivity index (χ1) is 7.49. The summed E-state index contributed by atoms with van der Waals surface area (Å²) >= 11 is 0. The molecule has 1 heterocycles. The second-order valence-corrected chi connectivity index (χ2v) is 5.97. The summed E-state index contributed by atoms with van der Waals surface area (Å²) in [5.74, 6) is 0.545. The molecule has 0 aromatic carbocycles. The van der Waals surface area contributed by atoms with Crippen molar-refractivity contribution in [3.63, 3.8) is 0 Å². The summed E-state index contributed by atoms with van der Waals surface area (Å²) in [6.45, 7) is 5.04. The summed E-state index contributed by atoms with van der Waals surface area (Å²) in [7, 11) is 1.75. The molecule has 0 aromatic heterocycles. The molecule has 3 nitrogen and oxygen atoms in total. The number of hydrogen-bond donors (Lipinski definition) is 1. The molecule has 2 aliphatic rings.